The molecule has 8 nitrogen and oxygen atoms in total. The van der Waals surface area contributed by atoms with Gasteiger partial charge in [-0.25, -0.2) is 12.9 Å². The summed E-state index contributed by atoms with van der Waals surface area (Å²) in [7, 11) is -0.686. The van der Waals surface area contributed by atoms with Crippen LogP contribution in [-0.4, -0.2) is 41.7 Å². The second-order valence-electron chi connectivity index (χ2n) is 9.00. The number of aromatic nitrogens is 2. The highest BCUT2D eigenvalue weighted by Gasteiger charge is 2.26. The van der Waals surface area contributed by atoms with Gasteiger partial charge < -0.3 is 14.6 Å². The van der Waals surface area contributed by atoms with E-state index in [0.717, 1.165) is 27.8 Å². The van der Waals surface area contributed by atoms with E-state index in [1.165, 1.54) is 4.31 Å². The number of nitrogens with zero attached hydrogens (tertiary/aromatic N) is 3. The standard InChI is InChI=1S/C30H29N3O5S/c1-37-25-12-6-22(7-13-25)19-32(20-23-8-14-26(38-2)15-9-23)39(35,36)27-16-10-24(11-17-27)30-28(21-34)31-33-18-4-3-5-29(30)33/h3-18,34H,19-21H2,1-2H3. The summed E-state index contributed by atoms with van der Waals surface area (Å²) in [4.78, 5) is 0.176. The predicted molar refractivity (Wildman–Crippen MR) is 149 cm³/mol. The molecule has 2 aromatic heterocycles. The number of sulfonamides is 1. The molecule has 3 aromatic carbocycles. The van der Waals surface area contributed by atoms with Crippen LogP contribution in [0.3, 0.4) is 0 Å². The fraction of sp³-hybridized carbons (Fsp3) is 0.167. The summed E-state index contributed by atoms with van der Waals surface area (Å²) in [5.74, 6) is 1.41. The van der Waals surface area contributed by atoms with Crippen molar-refractivity contribution in [1.29, 1.82) is 0 Å². The van der Waals surface area contributed by atoms with Crippen LogP contribution in [0.25, 0.3) is 16.6 Å². The average Bonchev–Trinajstić information content (AvgIpc) is 3.36. The van der Waals surface area contributed by atoms with E-state index in [4.69, 9.17) is 9.47 Å². The average molecular weight is 544 g/mol. The first-order valence-electron chi connectivity index (χ1n) is 12.4. The summed E-state index contributed by atoms with van der Waals surface area (Å²) in [5.41, 5.74) is 4.58. The van der Waals surface area contributed by atoms with Gasteiger partial charge in [0, 0.05) is 24.8 Å². The zero-order chi connectivity index (χ0) is 27.4. The third kappa shape index (κ3) is 5.51. The highest BCUT2D eigenvalue weighted by atomic mass is 32.2. The highest BCUT2D eigenvalue weighted by molar-refractivity contribution is 7.89. The van der Waals surface area contributed by atoms with Crippen LogP contribution < -0.4 is 9.47 Å². The molecule has 0 saturated heterocycles. The van der Waals surface area contributed by atoms with Crippen molar-refractivity contribution in [3.63, 3.8) is 0 Å². The van der Waals surface area contributed by atoms with Crippen LogP contribution in [0, 0.1) is 0 Å². The topological polar surface area (TPSA) is 93.4 Å². The van der Waals surface area contributed by atoms with Gasteiger partial charge >= 0.3 is 0 Å². The molecule has 200 valence electrons. The Morgan fingerprint density at radius 2 is 1.36 bits per heavy atom. The number of aliphatic hydroxyl groups is 1. The first kappa shape index (κ1) is 26.4. The second-order valence-corrected chi connectivity index (χ2v) is 10.9. The number of benzene rings is 3. The van der Waals surface area contributed by atoms with Gasteiger partial charge in [0.1, 0.15) is 11.5 Å². The summed E-state index contributed by atoms with van der Waals surface area (Å²) < 4.78 is 41.5. The van der Waals surface area contributed by atoms with E-state index in [0.29, 0.717) is 17.2 Å². The second kappa shape index (κ2) is 11.3. The molecule has 0 atom stereocenters. The van der Waals surface area contributed by atoms with Crippen molar-refractivity contribution < 1.29 is 23.0 Å². The maximum atomic E-state index is 13.9. The Bertz CT molecular complexity index is 1610. The molecule has 5 rings (SSSR count). The van der Waals surface area contributed by atoms with E-state index >= 15 is 0 Å². The number of fused-ring (bicyclic) bond motifs is 1. The molecule has 5 aromatic rings. The Hall–Kier alpha value is -4.18. The first-order valence-corrected chi connectivity index (χ1v) is 13.8. The van der Waals surface area contributed by atoms with Gasteiger partial charge in [-0.2, -0.15) is 9.40 Å². The van der Waals surface area contributed by atoms with Crippen molar-refractivity contribution in [2.45, 2.75) is 24.6 Å². The molecule has 0 radical (unpaired) electrons. The largest absolute Gasteiger partial charge is 0.497 e. The number of pyridine rings is 1. The Morgan fingerprint density at radius 1 is 0.795 bits per heavy atom. The summed E-state index contributed by atoms with van der Waals surface area (Å²) in [6.45, 7) is 0.139. The van der Waals surface area contributed by atoms with Crippen LogP contribution in [0.4, 0.5) is 0 Å². The third-order valence-electron chi connectivity index (χ3n) is 6.58. The Balaban J connectivity index is 1.49. The monoisotopic (exact) mass is 543 g/mol. The molecule has 0 aliphatic rings. The Morgan fingerprint density at radius 3 is 1.87 bits per heavy atom. The van der Waals surface area contributed by atoms with E-state index in [-0.39, 0.29) is 24.6 Å². The van der Waals surface area contributed by atoms with Crippen LogP contribution in [0.15, 0.2) is 102 Å². The summed E-state index contributed by atoms with van der Waals surface area (Å²) in [6.07, 6.45) is 1.81. The lowest BCUT2D eigenvalue weighted by Gasteiger charge is -2.23. The van der Waals surface area contributed by atoms with Crippen LogP contribution in [-0.2, 0) is 29.7 Å². The maximum Gasteiger partial charge on any atom is 0.243 e. The smallest absolute Gasteiger partial charge is 0.243 e. The van der Waals surface area contributed by atoms with E-state index < -0.39 is 10.0 Å². The van der Waals surface area contributed by atoms with E-state index in [9.17, 15) is 13.5 Å². The lowest BCUT2D eigenvalue weighted by Crippen LogP contribution is -2.30. The van der Waals surface area contributed by atoms with Crippen molar-refractivity contribution in [2.75, 3.05) is 14.2 Å². The number of methoxy groups -OCH3 is 2. The summed E-state index contributed by atoms with van der Waals surface area (Å²) in [6, 6.07) is 27.1. The number of hydrogen-bond donors (Lipinski definition) is 1. The van der Waals surface area contributed by atoms with Crippen molar-refractivity contribution in [3.05, 3.63) is 114 Å². The molecular weight excluding hydrogens is 514 g/mol. The van der Waals surface area contributed by atoms with Gasteiger partial charge in [-0.3, -0.25) is 0 Å². The molecule has 0 spiro atoms. The van der Waals surface area contributed by atoms with Gasteiger partial charge in [0.2, 0.25) is 10.0 Å². The third-order valence-corrected chi connectivity index (χ3v) is 8.38. The van der Waals surface area contributed by atoms with E-state index in [2.05, 4.69) is 5.10 Å². The number of hydrogen-bond acceptors (Lipinski definition) is 6. The minimum absolute atomic E-state index is 0.176. The zero-order valence-corrected chi connectivity index (χ0v) is 22.5. The van der Waals surface area contributed by atoms with Gasteiger partial charge in [0.05, 0.1) is 36.9 Å². The lowest BCUT2D eigenvalue weighted by atomic mass is 10.0. The maximum absolute atomic E-state index is 13.9. The van der Waals surface area contributed by atoms with Crippen LogP contribution in [0.5, 0.6) is 11.5 Å². The normalized spacial score (nSPS) is 11.7. The number of aliphatic hydroxyl groups excluding tert-OH is 1. The minimum atomic E-state index is -3.87. The SMILES string of the molecule is COc1ccc(CN(Cc2ccc(OC)cc2)S(=O)(=O)c2ccc(-c3c(CO)nn4ccccc34)cc2)cc1. The minimum Gasteiger partial charge on any atom is -0.497 e. The number of ether oxygens (including phenoxy) is 2. The molecule has 0 aliphatic heterocycles. The molecule has 0 amide bonds. The fourth-order valence-electron chi connectivity index (χ4n) is 4.51. The van der Waals surface area contributed by atoms with E-state index in [1.54, 1.807) is 43.0 Å². The van der Waals surface area contributed by atoms with Gasteiger partial charge in [-0.1, -0.05) is 42.5 Å². The quantitative estimate of drug-likeness (QED) is 0.269. The molecule has 0 fully saturated rings. The van der Waals surface area contributed by atoms with Gasteiger partial charge in [0.15, 0.2) is 0 Å². The molecule has 0 saturated carbocycles. The molecular formula is C30H29N3O5S. The molecule has 0 bridgehead atoms. The Labute approximate surface area is 227 Å². The van der Waals surface area contributed by atoms with E-state index in [1.807, 2.05) is 72.9 Å². The Kier molecular flexibility index (Phi) is 7.65. The van der Waals surface area contributed by atoms with Gasteiger partial charge in [-0.05, 0) is 65.2 Å². The highest BCUT2D eigenvalue weighted by Crippen LogP contribution is 2.31. The van der Waals surface area contributed by atoms with Gasteiger partial charge in [-0.15, -0.1) is 0 Å². The van der Waals surface area contributed by atoms with Crippen LogP contribution in [0.2, 0.25) is 0 Å². The molecule has 1 N–H and O–H groups in total. The first-order chi connectivity index (χ1) is 18.9. The predicted octanol–water partition coefficient (Wildman–Crippen LogP) is 4.90. The molecule has 0 aliphatic carbocycles. The summed E-state index contributed by atoms with van der Waals surface area (Å²) in [5, 5.41) is 14.3. The van der Waals surface area contributed by atoms with Crippen molar-refractivity contribution in [1.82, 2.24) is 13.9 Å². The lowest BCUT2D eigenvalue weighted by molar-refractivity contribution is 0.277. The van der Waals surface area contributed by atoms with Crippen molar-refractivity contribution >= 4 is 15.5 Å². The van der Waals surface area contributed by atoms with Crippen molar-refractivity contribution in [3.8, 4) is 22.6 Å². The molecule has 0 unspecified atom stereocenters. The van der Waals surface area contributed by atoms with Gasteiger partial charge in [0.25, 0.3) is 0 Å². The van der Waals surface area contributed by atoms with Crippen molar-refractivity contribution in [2.24, 2.45) is 0 Å². The molecule has 9 heteroatoms. The number of rotatable bonds is 10. The zero-order valence-electron chi connectivity index (χ0n) is 21.7. The molecule has 39 heavy (non-hydrogen) atoms. The van der Waals surface area contributed by atoms with Crippen LogP contribution >= 0.6 is 0 Å². The fourth-order valence-corrected chi connectivity index (χ4v) is 5.93. The molecule has 2 heterocycles. The summed E-state index contributed by atoms with van der Waals surface area (Å²) >= 11 is 0. The van der Waals surface area contributed by atoms with Crippen LogP contribution in [0.1, 0.15) is 16.8 Å².